The maximum Gasteiger partial charge on any atom is 0.269 e. The number of hydrogen-bond acceptors (Lipinski definition) is 5. The molecule has 0 saturated heterocycles. The molecule has 20 heavy (non-hydrogen) atoms. The monoisotopic (exact) mass is 292 g/mol. The maximum atomic E-state index is 10.5. The van der Waals surface area contributed by atoms with Crippen LogP contribution in [0.1, 0.15) is 16.5 Å². The van der Waals surface area contributed by atoms with Gasteiger partial charge in [-0.25, -0.2) is 0 Å². The van der Waals surface area contributed by atoms with Gasteiger partial charge in [-0.15, -0.1) is 11.3 Å². The van der Waals surface area contributed by atoms with E-state index >= 15 is 0 Å². The lowest BCUT2D eigenvalue weighted by atomic mass is 10.1. The zero-order valence-corrected chi connectivity index (χ0v) is 11.7. The van der Waals surface area contributed by atoms with Crippen LogP contribution in [-0.2, 0) is 6.42 Å². The molecule has 1 aromatic heterocycles. The first-order valence-electron chi connectivity index (χ1n) is 6.32. The Kier molecular flexibility index (Phi) is 5.23. The van der Waals surface area contributed by atoms with Crippen LogP contribution < -0.4 is 5.32 Å². The number of hydrogen-bond donors (Lipinski definition) is 2. The molecule has 0 aliphatic rings. The van der Waals surface area contributed by atoms with Crippen LogP contribution in [-0.4, -0.2) is 23.1 Å². The molecule has 1 unspecified atom stereocenters. The van der Waals surface area contributed by atoms with E-state index in [1.165, 1.54) is 17.0 Å². The molecule has 0 spiro atoms. The number of nitro groups is 1. The van der Waals surface area contributed by atoms with Gasteiger partial charge in [-0.1, -0.05) is 6.07 Å². The highest BCUT2D eigenvalue weighted by Crippen LogP contribution is 2.17. The fourth-order valence-electron chi connectivity index (χ4n) is 1.84. The lowest BCUT2D eigenvalue weighted by Crippen LogP contribution is -2.23. The average Bonchev–Trinajstić information content (AvgIpc) is 2.96. The molecular weight excluding hydrogens is 276 g/mol. The summed E-state index contributed by atoms with van der Waals surface area (Å²) in [7, 11) is 0. The second kappa shape index (κ2) is 7.14. The number of aliphatic hydroxyl groups excluding tert-OH is 1. The van der Waals surface area contributed by atoms with E-state index < -0.39 is 11.0 Å². The van der Waals surface area contributed by atoms with E-state index in [4.69, 9.17) is 0 Å². The number of thiophene rings is 1. The lowest BCUT2D eigenvalue weighted by molar-refractivity contribution is -0.384. The molecule has 0 aliphatic heterocycles. The van der Waals surface area contributed by atoms with Crippen molar-refractivity contribution in [3.63, 3.8) is 0 Å². The molecule has 0 saturated carbocycles. The van der Waals surface area contributed by atoms with Gasteiger partial charge in [0.05, 0.1) is 11.0 Å². The molecule has 6 heteroatoms. The predicted molar refractivity (Wildman–Crippen MR) is 78.9 cm³/mol. The van der Waals surface area contributed by atoms with Crippen LogP contribution in [0.15, 0.2) is 41.8 Å². The molecule has 0 amide bonds. The number of nitro benzene ring substituents is 1. The Labute approximate surface area is 121 Å². The van der Waals surface area contributed by atoms with Crippen molar-refractivity contribution in [1.29, 1.82) is 0 Å². The topological polar surface area (TPSA) is 75.4 Å². The minimum Gasteiger partial charge on any atom is -0.387 e. The third-order valence-corrected chi connectivity index (χ3v) is 3.89. The van der Waals surface area contributed by atoms with Gasteiger partial charge in [-0.3, -0.25) is 10.1 Å². The number of nitrogens with zero attached hydrogens (tertiary/aromatic N) is 1. The molecule has 0 bridgehead atoms. The minimum absolute atomic E-state index is 0.0339. The molecule has 2 rings (SSSR count). The molecule has 1 heterocycles. The van der Waals surface area contributed by atoms with Crippen LogP contribution in [0.3, 0.4) is 0 Å². The Morgan fingerprint density at radius 2 is 2.05 bits per heavy atom. The Hall–Kier alpha value is -1.76. The Bertz CT molecular complexity index is 540. The predicted octanol–water partition coefficient (Wildman–Crippen LogP) is 2.52. The zero-order valence-electron chi connectivity index (χ0n) is 10.9. The Balaban J connectivity index is 1.76. The van der Waals surface area contributed by atoms with Crippen molar-refractivity contribution in [3.8, 4) is 0 Å². The van der Waals surface area contributed by atoms with E-state index in [9.17, 15) is 15.2 Å². The van der Waals surface area contributed by atoms with Gasteiger partial charge >= 0.3 is 0 Å². The molecule has 2 aromatic rings. The first kappa shape index (κ1) is 14.6. The highest BCUT2D eigenvalue weighted by molar-refractivity contribution is 7.09. The maximum absolute atomic E-state index is 10.5. The van der Waals surface area contributed by atoms with Crippen LogP contribution in [0.25, 0.3) is 0 Å². The number of nitrogens with one attached hydrogen (secondary N) is 1. The number of non-ortho nitro benzene ring substituents is 1. The van der Waals surface area contributed by atoms with Crippen molar-refractivity contribution in [2.45, 2.75) is 12.5 Å². The van der Waals surface area contributed by atoms with Crippen molar-refractivity contribution in [1.82, 2.24) is 5.32 Å². The zero-order chi connectivity index (χ0) is 14.4. The molecule has 5 nitrogen and oxygen atoms in total. The summed E-state index contributed by atoms with van der Waals surface area (Å²) in [6.45, 7) is 1.23. The summed E-state index contributed by atoms with van der Waals surface area (Å²) in [6.07, 6.45) is 0.282. The largest absolute Gasteiger partial charge is 0.387 e. The van der Waals surface area contributed by atoms with Gasteiger partial charge in [0.15, 0.2) is 0 Å². The normalized spacial score (nSPS) is 12.2. The van der Waals surface area contributed by atoms with E-state index in [0.717, 1.165) is 13.0 Å². The molecule has 0 radical (unpaired) electrons. The van der Waals surface area contributed by atoms with Crippen molar-refractivity contribution in [2.24, 2.45) is 0 Å². The van der Waals surface area contributed by atoms with Gasteiger partial charge < -0.3 is 10.4 Å². The second-order valence-electron chi connectivity index (χ2n) is 4.40. The summed E-state index contributed by atoms with van der Waals surface area (Å²) in [6, 6.07) is 10.1. The highest BCUT2D eigenvalue weighted by Gasteiger charge is 2.10. The molecule has 106 valence electrons. The lowest BCUT2D eigenvalue weighted by Gasteiger charge is -2.11. The summed E-state index contributed by atoms with van der Waals surface area (Å²) in [5, 5.41) is 25.7. The van der Waals surface area contributed by atoms with E-state index in [2.05, 4.69) is 11.4 Å². The summed E-state index contributed by atoms with van der Waals surface area (Å²) in [5.41, 5.74) is 0.714. The quantitative estimate of drug-likeness (QED) is 0.467. The standard InChI is InChI=1S/C14H16N2O3S/c17-14(10-15-8-7-13-2-1-9-20-13)11-3-5-12(6-4-11)16(18)19/h1-6,9,14-15,17H,7-8,10H2. The number of benzene rings is 1. The summed E-state index contributed by atoms with van der Waals surface area (Å²) >= 11 is 1.72. The van der Waals surface area contributed by atoms with E-state index in [1.807, 2.05) is 11.4 Å². The van der Waals surface area contributed by atoms with E-state index in [0.29, 0.717) is 12.1 Å². The summed E-state index contributed by atoms with van der Waals surface area (Å²) in [5.74, 6) is 0. The highest BCUT2D eigenvalue weighted by atomic mass is 32.1. The number of rotatable bonds is 7. The van der Waals surface area contributed by atoms with Gasteiger partial charge in [0.25, 0.3) is 5.69 Å². The third kappa shape index (κ3) is 4.12. The molecular formula is C14H16N2O3S. The van der Waals surface area contributed by atoms with Gasteiger partial charge in [0, 0.05) is 30.1 Å². The van der Waals surface area contributed by atoms with Crippen molar-refractivity contribution in [2.75, 3.05) is 13.1 Å². The van der Waals surface area contributed by atoms with Crippen LogP contribution in [0.2, 0.25) is 0 Å². The van der Waals surface area contributed by atoms with E-state index in [1.54, 1.807) is 23.5 Å². The van der Waals surface area contributed by atoms with Gasteiger partial charge in [-0.05, 0) is 35.6 Å². The van der Waals surface area contributed by atoms with Crippen LogP contribution in [0.4, 0.5) is 5.69 Å². The smallest absolute Gasteiger partial charge is 0.269 e. The fraction of sp³-hybridized carbons (Fsp3) is 0.286. The third-order valence-electron chi connectivity index (χ3n) is 2.95. The van der Waals surface area contributed by atoms with Gasteiger partial charge in [0.2, 0.25) is 0 Å². The molecule has 1 aromatic carbocycles. The first-order valence-corrected chi connectivity index (χ1v) is 7.20. The molecule has 2 N–H and O–H groups in total. The van der Waals surface area contributed by atoms with Crippen molar-refractivity contribution < 1.29 is 10.0 Å². The second-order valence-corrected chi connectivity index (χ2v) is 5.43. The Morgan fingerprint density at radius 1 is 1.30 bits per heavy atom. The van der Waals surface area contributed by atoms with Crippen LogP contribution in [0.5, 0.6) is 0 Å². The number of aliphatic hydroxyl groups is 1. The molecule has 0 fully saturated rings. The van der Waals surface area contributed by atoms with Crippen LogP contribution >= 0.6 is 11.3 Å². The first-order chi connectivity index (χ1) is 9.66. The summed E-state index contributed by atoms with van der Waals surface area (Å²) in [4.78, 5) is 11.4. The van der Waals surface area contributed by atoms with Crippen molar-refractivity contribution in [3.05, 3.63) is 62.3 Å². The van der Waals surface area contributed by atoms with E-state index in [-0.39, 0.29) is 5.69 Å². The van der Waals surface area contributed by atoms with Crippen LogP contribution in [0, 0.1) is 10.1 Å². The summed E-state index contributed by atoms with van der Waals surface area (Å²) < 4.78 is 0. The average molecular weight is 292 g/mol. The minimum atomic E-state index is -0.654. The molecule has 1 atom stereocenters. The SMILES string of the molecule is O=[N+]([O-])c1ccc(C(O)CNCCc2cccs2)cc1. The van der Waals surface area contributed by atoms with Crippen molar-refractivity contribution >= 4 is 17.0 Å². The molecule has 0 aliphatic carbocycles. The Morgan fingerprint density at radius 3 is 2.65 bits per heavy atom. The van der Waals surface area contributed by atoms with Gasteiger partial charge in [0.1, 0.15) is 0 Å². The van der Waals surface area contributed by atoms with Gasteiger partial charge in [-0.2, -0.15) is 0 Å². The fourth-order valence-corrected chi connectivity index (χ4v) is 2.55.